The molecule has 4 rings (SSSR count). The van der Waals surface area contributed by atoms with Crippen LogP contribution in [0.1, 0.15) is 35.1 Å². The quantitative estimate of drug-likeness (QED) is 0.452. The number of piperidine rings is 1. The summed E-state index contributed by atoms with van der Waals surface area (Å²) in [6, 6.07) is 22.8. The Morgan fingerprint density at radius 1 is 0.886 bits per heavy atom. The number of sulfonamides is 1. The summed E-state index contributed by atoms with van der Waals surface area (Å²) >= 11 is 0. The van der Waals surface area contributed by atoms with E-state index >= 15 is 0 Å². The maximum Gasteiger partial charge on any atom is 0.264 e. The fourth-order valence-electron chi connectivity index (χ4n) is 4.59. The lowest BCUT2D eigenvalue weighted by molar-refractivity contribution is -0.130. The summed E-state index contributed by atoms with van der Waals surface area (Å²) in [7, 11) is -3.90. The predicted octanol–water partition coefficient (Wildman–Crippen LogP) is 5.29. The first kappa shape index (κ1) is 25.0. The zero-order chi connectivity index (χ0) is 25.0. The average Bonchev–Trinajstić information content (AvgIpc) is 2.85. The van der Waals surface area contributed by atoms with Crippen molar-refractivity contribution in [1.82, 2.24) is 4.90 Å². The van der Waals surface area contributed by atoms with E-state index in [0.29, 0.717) is 24.7 Å². The van der Waals surface area contributed by atoms with Crippen molar-refractivity contribution in [2.75, 3.05) is 23.9 Å². The first-order chi connectivity index (χ1) is 16.7. The van der Waals surface area contributed by atoms with Crippen LogP contribution in [0.25, 0.3) is 0 Å². The van der Waals surface area contributed by atoms with Crippen molar-refractivity contribution in [3.05, 3.63) is 95.1 Å². The van der Waals surface area contributed by atoms with Gasteiger partial charge in [0, 0.05) is 13.1 Å². The van der Waals surface area contributed by atoms with Crippen molar-refractivity contribution in [3.63, 3.8) is 0 Å². The third-order valence-electron chi connectivity index (χ3n) is 7.00. The minimum absolute atomic E-state index is 0.155. The third-order valence-corrected chi connectivity index (χ3v) is 8.79. The summed E-state index contributed by atoms with van der Waals surface area (Å²) in [5.74, 6) is 0.380. The van der Waals surface area contributed by atoms with E-state index in [4.69, 9.17) is 0 Å². The lowest BCUT2D eigenvalue weighted by Crippen LogP contribution is -2.46. The molecule has 0 aliphatic carbocycles. The molecule has 3 aromatic carbocycles. The second-order valence-electron chi connectivity index (χ2n) is 9.61. The van der Waals surface area contributed by atoms with Crippen LogP contribution in [-0.2, 0) is 21.2 Å². The molecule has 1 saturated heterocycles. The number of hydrogen-bond acceptors (Lipinski definition) is 3. The van der Waals surface area contributed by atoms with Gasteiger partial charge >= 0.3 is 0 Å². The molecule has 35 heavy (non-hydrogen) atoms. The second kappa shape index (κ2) is 10.6. The van der Waals surface area contributed by atoms with Crippen LogP contribution in [-0.4, -0.2) is 38.9 Å². The maximum absolute atomic E-state index is 13.7. The summed E-state index contributed by atoms with van der Waals surface area (Å²) < 4.78 is 28.6. The standard InChI is InChI=1S/C29H34N2O3S/c1-22-9-13-28(14-10-22)35(33,34)31(27-12-11-23(2)24(3)19-27)21-29(32)30-17-15-26(16-18-30)20-25-7-5-4-6-8-25/h4-14,19,26H,15-18,20-21H2,1-3H3. The highest BCUT2D eigenvalue weighted by molar-refractivity contribution is 7.92. The summed E-state index contributed by atoms with van der Waals surface area (Å²) in [5.41, 5.74) is 4.88. The van der Waals surface area contributed by atoms with E-state index < -0.39 is 10.0 Å². The fraction of sp³-hybridized carbons (Fsp3) is 0.345. The van der Waals surface area contributed by atoms with Gasteiger partial charge in [-0.2, -0.15) is 0 Å². The molecule has 1 aliphatic heterocycles. The summed E-state index contributed by atoms with van der Waals surface area (Å²) in [5, 5.41) is 0. The van der Waals surface area contributed by atoms with Crippen LogP contribution in [0.4, 0.5) is 5.69 Å². The third kappa shape index (κ3) is 5.93. The van der Waals surface area contributed by atoms with Gasteiger partial charge in [-0.15, -0.1) is 0 Å². The summed E-state index contributed by atoms with van der Waals surface area (Å²) in [6.45, 7) is 6.96. The van der Waals surface area contributed by atoms with Gasteiger partial charge in [-0.3, -0.25) is 9.10 Å². The molecular weight excluding hydrogens is 456 g/mol. The van der Waals surface area contributed by atoms with Crippen LogP contribution in [0.15, 0.2) is 77.7 Å². The normalized spacial score (nSPS) is 14.7. The first-order valence-corrected chi connectivity index (χ1v) is 13.7. The Labute approximate surface area is 209 Å². The predicted molar refractivity (Wildman–Crippen MR) is 141 cm³/mol. The van der Waals surface area contributed by atoms with Crippen molar-refractivity contribution in [1.29, 1.82) is 0 Å². The fourth-order valence-corrected chi connectivity index (χ4v) is 6.00. The molecule has 1 heterocycles. The number of likely N-dealkylation sites (tertiary alicyclic amines) is 1. The van der Waals surface area contributed by atoms with Gasteiger partial charge in [0.1, 0.15) is 6.54 Å². The molecular formula is C29H34N2O3S. The average molecular weight is 491 g/mol. The number of amides is 1. The van der Waals surface area contributed by atoms with E-state index in [0.717, 1.165) is 36.0 Å². The molecule has 0 spiro atoms. The Balaban J connectivity index is 1.51. The molecule has 0 N–H and O–H groups in total. The topological polar surface area (TPSA) is 57.7 Å². The largest absolute Gasteiger partial charge is 0.341 e. The van der Waals surface area contributed by atoms with Crippen molar-refractivity contribution >= 4 is 21.6 Å². The van der Waals surface area contributed by atoms with E-state index in [1.54, 1.807) is 30.3 Å². The molecule has 0 saturated carbocycles. The van der Waals surface area contributed by atoms with E-state index in [-0.39, 0.29) is 17.3 Å². The number of hydrogen-bond donors (Lipinski definition) is 0. The van der Waals surface area contributed by atoms with Gasteiger partial charge in [-0.05, 0) is 86.9 Å². The number of benzene rings is 3. The Kier molecular flexibility index (Phi) is 7.60. The van der Waals surface area contributed by atoms with Crippen molar-refractivity contribution in [2.45, 2.75) is 44.9 Å². The molecule has 0 radical (unpaired) electrons. The van der Waals surface area contributed by atoms with Crippen LogP contribution in [0.3, 0.4) is 0 Å². The molecule has 184 valence electrons. The smallest absolute Gasteiger partial charge is 0.264 e. The summed E-state index contributed by atoms with van der Waals surface area (Å²) in [4.78, 5) is 15.4. The highest BCUT2D eigenvalue weighted by Crippen LogP contribution is 2.27. The highest BCUT2D eigenvalue weighted by Gasteiger charge is 2.30. The number of carbonyl (C=O) groups excluding carboxylic acids is 1. The maximum atomic E-state index is 13.7. The van der Waals surface area contributed by atoms with E-state index in [2.05, 4.69) is 24.3 Å². The molecule has 0 unspecified atom stereocenters. The Morgan fingerprint density at radius 2 is 1.54 bits per heavy atom. The lowest BCUT2D eigenvalue weighted by Gasteiger charge is -2.34. The number of carbonyl (C=O) groups is 1. The first-order valence-electron chi connectivity index (χ1n) is 12.2. The SMILES string of the molecule is Cc1ccc(S(=O)(=O)N(CC(=O)N2CCC(Cc3ccccc3)CC2)c2ccc(C)c(C)c2)cc1. The number of nitrogens with zero attached hydrogens (tertiary/aromatic N) is 2. The van der Waals surface area contributed by atoms with Gasteiger partial charge in [0.2, 0.25) is 5.91 Å². The van der Waals surface area contributed by atoms with Gasteiger partial charge < -0.3 is 4.90 Å². The number of aryl methyl sites for hydroxylation is 3. The Morgan fingerprint density at radius 3 is 2.17 bits per heavy atom. The van der Waals surface area contributed by atoms with Crippen LogP contribution in [0.5, 0.6) is 0 Å². The van der Waals surface area contributed by atoms with Gasteiger partial charge in [-0.25, -0.2) is 8.42 Å². The summed E-state index contributed by atoms with van der Waals surface area (Å²) in [6.07, 6.45) is 2.86. The molecule has 3 aromatic rings. The molecule has 1 amide bonds. The van der Waals surface area contributed by atoms with Crippen LogP contribution >= 0.6 is 0 Å². The number of rotatable bonds is 7. The molecule has 5 nitrogen and oxygen atoms in total. The van der Waals surface area contributed by atoms with Crippen molar-refractivity contribution in [2.24, 2.45) is 5.92 Å². The van der Waals surface area contributed by atoms with Crippen LogP contribution < -0.4 is 4.31 Å². The van der Waals surface area contributed by atoms with E-state index in [1.165, 1.54) is 9.87 Å². The van der Waals surface area contributed by atoms with E-state index in [1.807, 2.05) is 43.9 Å². The zero-order valence-electron chi connectivity index (χ0n) is 20.8. The number of anilines is 1. The highest BCUT2D eigenvalue weighted by atomic mass is 32.2. The molecule has 6 heteroatoms. The minimum atomic E-state index is -3.90. The molecule has 1 aliphatic rings. The van der Waals surface area contributed by atoms with E-state index in [9.17, 15) is 13.2 Å². The van der Waals surface area contributed by atoms with Crippen molar-refractivity contribution < 1.29 is 13.2 Å². The minimum Gasteiger partial charge on any atom is -0.341 e. The second-order valence-corrected chi connectivity index (χ2v) is 11.5. The molecule has 0 aromatic heterocycles. The van der Waals surface area contributed by atoms with Gasteiger partial charge in [0.25, 0.3) is 10.0 Å². The van der Waals surface area contributed by atoms with Crippen molar-refractivity contribution in [3.8, 4) is 0 Å². The Hall–Kier alpha value is -3.12. The van der Waals surface area contributed by atoms with Crippen LogP contribution in [0, 0.1) is 26.7 Å². The monoisotopic (exact) mass is 490 g/mol. The molecule has 0 atom stereocenters. The lowest BCUT2D eigenvalue weighted by atomic mass is 9.90. The van der Waals surface area contributed by atoms with Gasteiger partial charge in [0.15, 0.2) is 0 Å². The zero-order valence-corrected chi connectivity index (χ0v) is 21.6. The van der Waals surface area contributed by atoms with Crippen LogP contribution in [0.2, 0.25) is 0 Å². The Bertz CT molecular complexity index is 1260. The molecule has 0 bridgehead atoms. The van der Waals surface area contributed by atoms with Gasteiger partial charge in [-0.1, -0.05) is 54.1 Å². The molecule has 1 fully saturated rings. The van der Waals surface area contributed by atoms with Gasteiger partial charge in [0.05, 0.1) is 10.6 Å².